The van der Waals surface area contributed by atoms with Crippen LogP contribution in [0.3, 0.4) is 0 Å². The van der Waals surface area contributed by atoms with Gasteiger partial charge in [0.1, 0.15) is 6.61 Å². The topological polar surface area (TPSA) is 55.6 Å². The number of halogens is 2. The van der Waals surface area contributed by atoms with E-state index in [4.69, 9.17) is 10.5 Å². The second kappa shape index (κ2) is 6.39. The van der Waals surface area contributed by atoms with Crippen molar-refractivity contribution in [2.24, 2.45) is 11.1 Å². The summed E-state index contributed by atoms with van der Waals surface area (Å²) in [6, 6.07) is 8.53. The lowest BCUT2D eigenvalue weighted by Gasteiger charge is -2.43. The number of likely N-dealkylation sites (tertiary alicyclic amines) is 1. The number of hydrogen-bond donors (Lipinski definition) is 1. The molecule has 4 nitrogen and oxygen atoms in total. The fraction of sp³-hybridized carbons (Fsp3) is 0.533. The highest BCUT2D eigenvalue weighted by Crippen LogP contribution is 2.36. The van der Waals surface area contributed by atoms with Crippen molar-refractivity contribution in [1.29, 1.82) is 0 Å². The number of piperidine rings is 1. The van der Waals surface area contributed by atoms with Gasteiger partial charge in [0, 0.05) is 24.5 Å². The summed E-state index contributed by atoms with van der Waals surface area (Å²) < 4.78 is 31.3. The van der Waals surface area contributed by atoms with E-state index in [0.29, 0.717) is 0 Å². The van der Waals surface area contributed by atoms with Crippen molar-refractivity contribution in [2.45, 2.75) is 32.4 Å². The van der Waals surface area contributed by atoms with Crippen molar-refractivity contribution in [2.75, 3.05) is 13.1 Å². The van der Waals surface area contributed by atoms with Crippen LogP contribution in [-0.4, -0.2) is 36.5 Å². The van der Waals surface area contributed by atoms with Gasteiger partial charge in [0.2, 0.25) is 6.43 Å². The van der Waals surface area contributed by atoms with Crippen molar-refractivity contribution in [3.05, 3.63) is 35.9 Å². The highest BCUT2D eigenvalue weighted by Gasteiger charge is 2.45. The number of amides is 1. The Morgan fingerprint density at radius 3 is 2.71 bits per heavy atom. The molecule has 0 spiro atoms. The van der Waals surface area contributed by atoms with Gasteiger partial charge in [-0.1, -0.05) is 37.3 Å². The smallest absolute Gasteiger partial charge is 0.410 e. The Hall–Kier alpha value is -1.69. The number of hydrogen-bond acceptors (Lipinski definition) is 3. The minimum absolute atomic E-state index is 0.0917. The lowest BCUT2D eigenvalue weighted by Crippen LogP contribution is -2.58. The first-order valence-electron chi connectivity index (χ1n) is 6.93. The molecule has 1 heterocycles. The quantitative estimate of drug-likeness (QED) is 0.933. The van der Waals surface area contributed by atoms with Gasteiger partial charge in [0.15, 0.2) is 0 Å². The van der Waals surface area contributed by atoms with Crippen LogP contribution in [0.25, 0.3) is 0 Å². The Morgan fingerprint density at radius 1 is 1.48 bits per heavy atom. The molecule has 1 aliphatic rings. The fourth-order valence-corrected chi connectivity index (χ4v) is 2.35. The molecule has 0 aromatic heterocycles. The largest absolute Gasteiger partial charge is 0.445 e. The second-order valence-electron chi connectivity index (χ2n) is 5.65. The second-order valence-corrected chi connectivity index (χ2v) is 5.65. The summed E-state index contributed by atoms with van der Waals surface area (Å²) in [5, 5.41) is 0. The van der Waals surface area contributed by atoms with Crippen LogP contribution in [0.4, 0.5) is 13.6 Å². The van der Waals surface area contributed by atoms with Gasteiger partial charge in [-0.3, -0.25) is 0 Å². The molecule has 1 fully saturated rings. The molecule has 2 unspecified atom stereocenters. The number of rotatable bonds is 3. The summed E-state index contributed by atoms with van der Waals surface area (Å²) in [4.78, 5) is 13.4. The third-order valence-electron chi connectivity index (χ3n) is 4.15. The van der Waals surface area contributed by atoms with E-state index in [2.05, 4.69) is 0 Å². The molecule has 2 rings (SSSR count). The van der Waals surface area contributed by atoms with Crippen LogP contribution in [0.5, 0.6) is 0 Å². The number of carbonyl (C=O) groups excluding carboxylic acids is 1. The zero-order valence-electron chi connectivity index (χ0n) is 12.0. The molecule has 0 radical (unpaired) electrons. The first kappa shape index (κ1) is 15.7. The summed E-state index contributed by atoms with van der Waals surface area (Å²) in [7, 11) is 0. The average molecular weight is 298 g/mol. The lowest BCUT2D eigenvalue weighted by molar-refractivity contribution is -0.0479. The SMILES string of the molecule is CC1(C(F)F)CCN(C(=O)OCc2ccccc2)CC1N. The van der Waals surface area contributed by atoms with E-state index in [-0.39, 0.29) is 26.1 Å². The van der Waals surface area contributed by atoms with E-state index in [0.717, 1.165) is 5.56 Å². The number of alkyl halides is 2. The Balaban J connectivity index is 1.88. The van der Waals surface area contributed by atoms with E-state index >= 15 is 0 Å². The molecule has 0 aliphatic carbocycles. The molecule has 116 valence electrons. The molecular weight excluding hydrogens is 278 g/mol. The third kappa shape index (κ3) is 3.50. The Kier molecular flexibility index (Phi) is 4.77. The minimum atomic E-state index is -2.49. The Bertz CT molecular complexity index is 484. The van der Waals surface area contributed by atoms with E-state index < -0.39 is 24.0 Å². The summed E-state index contributed by atoms with van der Waals surface area (Å²) >= 11 is 0. The van der Waals surface area contributed by atoms with Gasteiger partial charge in [-0.2, -0.15) is 0 Å². The molecule has 1 aromatic carbocycles. The van der Waals surface area contributed by atoms with Crippen LogP contribution in [0.1, 0.15) is 18.9 Å². The van der Waals surface area contributed by atoms with E-state index in [1.165, 1.54) is 11.8 Å². The van der Waals surface area contributed by atoms with Crippen LogP contribution in [-0.2, 0) is 11.3 Å². The first-order valence-corrected chi connectivity index (χ1v) is 6.93. The van der Waals surface area contributed by atoms with E-state index in [1.54, 1.807) is 0 Å². The van der Waals surface area contributed by atoms with Gasteiger partial charge in [-0.25, -0.2) is 13.6 Å². The molecule has 1 aliphatic heterocycles. The third-order valence-corrected chi connectivity index (χ3v) is 4.15. The van der Waals surface area contributed by atoms with Crippen molar-refractivity contribution in [3.63, 3.8) is 0 Å². The summed E-state index contributed by atoms with van der Waals surface area (Å²) in [5.41, 5.74) is 5.46. The maximum atomic E-state index is 13.0. The summed E-state index contributed by atoms with van der Waals surface area (Å²) in [5.74, 6) is 0. The number of benzene rings is 1. The minimum Gasteiger partial charge on any atom is -0.445 e. The van der Waals surface area contributed by atoms with Crippen LogP contribution >= 0.6 is 0 Å². The van der Waals surface area contributed by atoms with Crippen molar-refractivity contribution < 1.29 is 18.3 Å². The number of nitrogens with zero attached hydrogens (tertiary/aromatic N) is 1. The van der Waals surface area contributed by atoms with E-state index in [9.17, 15) is 13.6 Å². The lowest BCUT2D eigenvalue weighted by atomic mass is 9.77. The number of carbonyl (C=O) groups is 1. The van der Waals surface area contributed by atoms with Crippen molar-refractivity contribution >= 4 is 6.09 Å². The molecule has 21 heavy (non-hydrogen) atoms. The fourth-order valence-electron chi connectivity index (χ4n) is 2.35. The van der Waals surface area contributed by atoms with Crippen molar-refractivity contribution in [3.8, 4) is 0 Å². The van der Waals surface area contributed by atoms with Gasteiger partial charge in [-0.15, -0.1) is 0 Å². The molecule has 2 N–H and O–H groups in total. The molecular formula is C15H20F2N2O2. The Labute approximate surface area is 122 Å². The van der Waals surface area contributed by atoms with Crippen LogP contribution in [0.2, 0.25) is 0 Å². The van der Waals surface area contributed by atoms with Crippen LogP contribution in [0, 0.1) is 5.41 Å². The Morgan fingerprint density at radius 2 is 2.14 bits per heavy atom. The normalized spacial score (nSPS) is 26.0. The molecule has 2 atom stereocenters. The first-order chi connectivity index (χ1) is 9.93. The summed E-state index contributed by atoms with van der Waals surface area (Å²) in [6.07, 6.45) is -2.83. The van der Waals surface area contributed by atoms with Crippen LogP contribution < -0.4 is 5.73 Å². The molecule has 0 saturated carbocycles. The molecule has 1 saturated heterocycles. The molecule has 6 heteroatoms. The number of nitrogens with two attached hydrogens (primary N) is 1. The predicted molar refractivity (Wildman–Crippen MR) is 74.9 cm³/mol. The zero-order valence-corrected chi connectivity index (χ0v) is 12.0. The average Bonchev–Trinajstić information content (AvgIpc) is 2.48. The highest BCUT2D eigenvalue weighted by atomic mass is 19.3. The predicted octanol–water partition coefficient (Wildman–Crippen LogP) is 2.63. The summed E-state index contributed by atoms with van der Waals surface area (Å²) in [6.45, 7) is 1.96. The van der Waals surface area contributed by atoms with Crippen molar-refractivity contribution in [1.82, 2.24) is 4.90 Å². The molecule has 0 bridgehead atoms. The maximum Gasteiger partial charge on any atom is 0.410 e. The standard InChI is InChI=1S/C15H20F2N2O2/c1-15(13(16)17)7-8-19(9-12(15)18)14(20)21-10-11-5-3-2-4-6-11/h2-6,12-13H,7-10,18H2,1H3. The van der Waals surface area contributed by atoms with Gasteiger partial charge in [0.05, 0.1) is 0 Å². The highest BCUT2D eigenvalue weighted by molar-refractivity contribution is 5.67. The van der Waals surface area contributed by atoms with Gasteiger partial charge in [0.25, 0.3) is 0 Å². The number of ether oxygens (including phenoxy) is 1. The van der Waals surface area contributed by atoms with Crippen LogP contribution in [0.15, 0.2) is 30.3 Å². The molecule has 1 aromatic rings. The van der Waals surface area contributed by atoms with Gasteiger partial charge < -0.3 is 15.4 Å². The maximum absolute atomic E-state index is 13.0. The monoisotopic (exact) mass is 298 g/mol. The van der Waals surface area contributed by atoms with Gasteiger partial charge >= 0.3 is 6.09 Å². The van der Waals surface area contributed by atoms with E-state index in [1.807, 2.05) is 30.3 Å². The molecule has 1 amide bonds. The zero-order chi connectivity index (χ0) is 15.5. The van der Waals surface area contributed by atoms with Gasteiger partial charge in [-0.05, 0) is 12.0 Å².